The van der Waals surface area contributed by atoms with Crippen molar-refractivity contribution in [2.45, 2.75) is 59.3 Å². The van der Waals surface area contributed by atoms with Crippen LogP contribution in [0.1, 0.15) is 69.1 Å². The minimum absolute atomic E-state index is 0.0147. The molecule has 1 aromatic heterocycles. The average molecular weight is 461 g/mol. The molecule has 6 nitrogen and oxygen atoms in total. The number of carbonyl (C=O) groups is 2. The molecule has 0 aliphatic heterocycles. The summed E-state index contributed by atoms with van der Waals surface area (Å²) >= 11 is 0. The molecular formula is C28H36N4O2. The lowest BCUT2D eigenvalue weighted by Gasteiger charge is -2.22. The minimum Gasteiger partial charge on any atom is -0.329 e. The number of para-hydroxylation sites is 1. The summed E-state index contributed by atoms with van der Waals surface area (Å²) in [6, 6.07) is 19.3. The van der Waals surface area contributed by atoms with Crippen LogP contribution in [0.2, 0.25) is 0 Å². The number of nitrogens with zero attached hydrogens (tertiary/aromatic N) is 3. The second-order valence-corrected chi connectivity index (χ2v) is 9.59. The van der Waals surface area contributed by atoms with Crippen LogP contribution in [0.25, 0.3) is 5.69 Å². The van der Waals surface area contributed by atoms with E-state index in [9.17, 15) is 9.59 Å². The number of amides is 2. The first-order valence-corrected chi connectivity index (χ1v) is 12.1. The van der Waals surface area contributed by atoms with Crippen LogP contribution in [0.3, 0.4) is 0 Å². The van der Waals surface area contributed by atoms with E-state index in [1.165, 1.54) is 5.56 Å². The zero-order valence-corrected chi connectivity index (χ0v) is 21.0. The van der Waals surface area contributed by atoms with Gasteiger partial charge in [0.15, 0.2) is 0 Å². The Morgan fingerprint density at radius 1 is 1.00 bits per heavy atom. The van der Waals surface area contributed by atoms with Gasteiger partial charge >= 0.3 is 0 Å². The van der Waals surface area contributed by atoms with Gasteiger partial charge in [-0.3, -0.25) is 9.59 Å². The van der Waals surface area contributed by atoms with Gasteiger partial charge in [-0.05, 0) is 42.7 Å². The van der Waals surface area contributed by atoms with Crippen molar-refractivity contribution in [1.29, 1.82) is 0 Å². The van der Waals surface area contributed by atoms with E-state index in [0.29, 0.717) is 17.9 Å². The molecule has 2 aromatic carbocycles. The molecule has 0 aliphatic rings. The Balaban J connectivity index is 1.82. The van der Waals surface area contributed by atoms with Gasteiger partial charge in [0, 0.05) is 23.6 Å². The number of anilines is 1. The van der Waals surface area contributed by atoms with E-state index < -0.39 is 0 Å². The van der Waals surface area contributed by atoms with E-state index in [2.05, 4.69) is 39.9 Å². The number of hydrogen-bond donors (Lipinski definition) is 1. The second kappa shape index (κ2) is 11.1. The SMILES string of the molecule is CCCCN(CC(=O)Nc1cc(C(C)(C)C)nn1-c1ccccc1)C(=O)c1ccc(CC)cc1. The molecule has 0 radical (unpaired) electrons. The van der Waals surface area contributed by atoms with Gasteiger partial charge in [0.1, 0.15) is 12.4 Å². The largest absolute Gasteiger partial charge is 0.329 e. The third-order valence-electron chi connectivity index (χ3n) is 5.76. The average Bonchev–Trinajstić information content (AvgIpc) is 3.26. The lowest BCUT2D eigenvalue weighted by atomic mass is 9.92. The molecule has 1 heterocycles. The fourth-order valence-corrected chi connectivity index (χ4v) is 3.63. The Labute approximate surface area is 203 Å². The monoisotopic (exact) mass is 460 g/mol. The molecule has 6 heteroatoms. The molecule has 3 rings (SSSR count). The van der Waals surface area contributed by atoms with Gasteiger partial charge in [0.25, 0.3) is 5.91 Å². The normalized spacial score (nSPS) is 11.3. The lowest BCUT2D eigenvalue weighted by Crippen LogP contribution is -2.39. The van der Waals surface area contributed by atoms with E-state index >= 15 is 0 Å². The van der Waals surface area contributed by atoms with Gasteiger partial charge in [-0.1, -0.05) is 71.4 Å². The Hall–Kier alpha value is -3.41. The zero-order chi connectivity index (χ0) is 24.7. The maximum absolute atomic E-state index is 13.2. The van der Waals surface area contributed by atoms with Gasteiger partial charge in [-0.15, -0.1) is 0 Å². The van der Waals surface area contributed by atoms with E-state index in [1.54, 1.807) is 9.58 Å². The van der Waals surface area contributed by atoms with E-state index in [4.69, 9.17) is 5.10 Å². The standard InChI is InChI=1S/C28H36N4O2/c1-6-8-18-31(27(34)22-16-14-21(7-2)15-17-22)20-26(33)29-25-19-24(28(3,4)5)30-32(25)23-12-10-9-11-13-23/h9-17,19H,6-8,18,20H2,1-5H3,(H,29,33). The van der Waals surface area contributed by atoms with Crippen molar-refractivity contribution in [1.82, 2.24) is 14.7 Å². The molecule has 0 fully saturated rings. The number of nitrogens with one attached hydrogen (secondary N) is 1. The number of hydrogen-bond acceptors (Lipinski definition) is 3. The second-order valence-electron chi connectivity index (χ2n) is 9.59. The van der Waals surface area contributed by atoms with Crippen LogP contribution in [0.4, 0.5) is 5.82 Å². The molecule has 1 N–H and O–H groups in total. The molecule has 0 saturated heterocycles. The van der Waals surface area contributed by atoms with Crippen molar-refractivity contribution in [3.63, 3.8) is 0 Å². The number of benzene rings is 2. The van der Waals surface area contributed by atoms with E-state index in [1.807, 2.05) is 60.7 Å². The third kappa shape index (κ3) is 6.34. The summed E-state index contributed by atoms with van der Waals surface area (Å²) in [4.78, 5) is 27.9. The molecule has 0 unspecified atom stereocenters. The van der Waals surface area contributed by atoms with Crippen LogP contribution < -0.4 is 5.32 Å². The van der Waals surface area contributed by atoms with E-state index in [-0.39, 0.29) is 23.8 Å². The molecule has 180 valence electrons. The summed E-state index contributed by atoms with van der Waals surface area (Å²) in [5.74, 6) is 0.224. The summed E-state index contributed by atoms with van der Waals surface area (Å²) in [6.45, 7) is 10.9. The number of aromatic nitrogens is 2. The number of rotatable bonds is 9. The van der Waals surface area contributed by atoms with Crippen LogP contribution >= 0.6 is 0 Å². The number of unbranched alkanes of at least 4 members (excludes halogenated alkanes) is 1. The highest BCUT2D eigenvalue weighted by atomic mass is 16.2. The molecule has 0 bridgehead atoms. The number of carbonyl (C=O) groups excluding carboxylic acids is 2. The first-order chi connectivity index (χ1) is 16.2. The quantitative estimate of drug-likeness (QED) is 0.451. The van der Waals surface area contributed by atoms with Gasteiger partial charge in [0.05, 0.1) is 11.4 Å². The Kier molecular flexibility index (Phi) is 8.26. The molecule has 0 atom stereocenters. The topological polar surface area (TPSA) is 67.2 Å². The van der Waals surface area contributed by atoms with E-state index in [0.717, 1.165) is 30.6 Å². The molecule has 0 saturated carbocycles. The summed E-state index contributed by atoms with van der Waals surface area (Å²) in [5.41, 5.74) is 3.35. The Morgan fingerprint density at radius 2 is 1.68 bits per heavy atom. The van der Waals surface area contributed by atoms with Crippen LogP contribution in [-0.2, 0) is 16.6 Å². The highest BCUT2D eigenvalue weighted by molar-refractivity contribution is 5.99. The summed E-state index contributed by atoms with van der Waals surface area (Å²) in [7, 11) is 0. The summed E-state index contributed by atoms with van der Waals surface area (Å²) in [5, 5.41) is 7.75. The van der Waals surface area contributed by atoms with Gasteiger partial charge < -0.3 is 10.2 Å². The van der Waals surface area contributed by atoms with Gasteiger partial charge in [-0.2, -0.15) is 5.10 Å². The molecule has 0 aliphatic carbocycles. The molecule has 0 spiro atoms. The summed E-state index contributed by atoms with van der Waals surface area (Å²) < 4.78 is 1.75. The Bertz CT molecular complexity index is 1100. The van der Waals surface area contributed by atoms with Crippen molar-refractivity contribution in [2.24, 2.45) is 0 Å². The van der Waals surface area contributed by atoms with Crippen molar-refractivity contribution in [3.8, 4) is 5.69 Å². The minimum atomic E-state index is -0.243. The molecule has 3 aromatic rings. The van der Waals surface area contributed by atoms with Crippen LogP contribution in [0.5, 0.6) is 0 Å². The third-order valence-corrected chi connectivity index (χ3v) is 5.76. The molecule has 34 heavy (non-hydrogen) atoms. The lowest BCUT2D eigenvalue weighted by molar-refractivity contribution is -0.117. The van der Waals surface area contributed by atoms with Crippen molar-refractivity contribution >= 4 is 17.6 Å². The first-order valence-electron chi connectivity index (χ1n) is 12.1. The van der Waals surface area contributed by atoms with Crippen molar-refractivity contribution in [3.05, 3.63) is 77.5 Å². The number of aryl methyl sites for hydroxylation is 1. The smallest absolute Gasteiger partial charge is 0.254 e. The summed E-state index contributed by atoms with van der Waals surface area (Å²) in [6.07, 6.45) is 2.69. The van der Waals surface area contributed by atoms with Gasteiger partial charge in [-0.25, -0.2) is 4.68 Å². The van der Waals surface area contributed by atoms with Crippen LogP contribution in [-0.4, -0.2) is 39.6 Å². The highest BCUT2D eigenvalue weighted by Crippen LogP contribution is 2.26. The fraction of sp³-hybridized carbons (Fsp3) is 0.393. The van der Waals surface area contributed by atoms with Crippen molar-refractivity contribution < 1.29 is 9.59 Å². The predicted octanol–water partition coefficient (Wildman–Crippen LogP) is 5.61. The maximum Gasteiger partial charge on any atom is 0.254 e. The molecule has 2 amide bonds. The predicted molar refractivity (Wildman–Crippen MR) is 138 cm³/mol. The fourth-order valence-electron chi connectivity index (χ4n) is 3.63. The Morgan fingerprint density at radius 3 is 2.26 bits per heavy atom. The van der Waals surface area contributed by atoms with Crippen molar-refractivity contribution in [2.75, 3.05) is 18.4 Å². The molecular weight excluding hydrogens is 424 g/mol. The van der Waals surface area contributed by atoms with Crippen LogP contribution in [0.15, 0.2) is 60.7 Å². The van der Waals surface area contributed by atoms with Gasteiger partial charge in [0.2, 0.25) is 5.91 Å². The first kappa shape index (κ1) is 25.2. The van der Waals surface area contributed by atoms with Crippen LogP contribution in [0, 0.1) is 0 Å². The zero-order valence-electron chi connectivity index (χ0n) is 21.0. The maximum atomic E-state index is 13.2. The highest BCUT2D eigenvalue weighted by Gasteiger charge is 2.23.